The molecule has 1 saturated heterocycles. The number of aliphatic imine (C=N–C) groups is 1. The van der Waals surface area contributed by atoms with E-state index in [4.69, 9.17) is 0 Å². The Hall–Kier alpha value is -1.23. The summed E-state index contributed by atoms with van der Waals surface area (Å²) in [5.74, 6) is 3.19. The molecule has 1 aromatic carbocycles. The van der Waals surface area contributed by atoms with Gasteiger partial charge in [-0.3, -0.25) is 4.99 Å². The van der Waals surface area contributed by atoms with Gasteiger partial charge in [0.15, 0.2) is 5.96 Å². The number of halogens is 1. The number of hydrogen-bond donors (Lipinski definition) is 2. The van der Waals surface area contributed by atoms with E-state index in [9.17, 15) is 4.39 Å². The van der Waals surface area contributed by atoms with E-state index in [1.54, 1.807) is 12.1 Å². The SMILES string of the molecule is CCNC(=NCCCc1cccc(F)c1)NC1CCCSC1. The van der Waals surface area contributed by atoms with Gasteiger partial charge in [0.2, 0.25) is 0 Å². The summed E-state index contributed by atoms with van der Waals surface area (Å²) in [7, 11) is 0. The van der Waals surface area contributed by atoms with Crippen LogP contribution in [-0.4, -0.2) is 36.6 Å². The minimum absolute atomic E-state index is 0.161. The molecular formula is C17H26FN3S. The summed E-state index contributed by atoms with van der Waals surface area (Å²) >= 11 is 2.01. The van der Waals surface area contributed by atoms with Gasteiger partial charge in [0.25, 0.3) is 0 Å². The van der Waals surface area contributed by atoms with E-state index in [1.165, 1.54) is 24.7 Å². The standard InChI is InChI=1S/C17H26FN3S/c1-2-19-17(21-16-9-5-11-22-13-16)20-10-4-7-14-6-3-8-15(18)12-14/h3,6,8,12,16H,2,4-5,7,9-11,13H2,1H3,(H2,19,20,21). The Morgan fingerprint density at radius 3 is 3.09 bits per heavy atom. The van der Waals surface area contributed by atoms with Gasteiger partial charge in [0.05, 0.1) is 0 Å². The number of rotatable bonds is 6. The summed E-state index contributed by atoms with van der Waals surface area (Å²) in [5.41, 5.74) is 1.04. The molecule has 1 aliphatic rings. The molecule has 2 rings (SSSR count). The number of thioether (sulfide) groups is 1. The summed E-state index contributed by atoms with van der Waals surface area (Å²) in [5, 5.41) is 6.83. The van der Waals surface area contributed by atoms with Crippen LogP contribution in [0, 0.1) is 5.82 Å². The van der Waals surface area contributed by atoms with Crippen molar-refractivity contribution in [3.8, 4) is 0 Å². The first kappa shape index (κ1) is 17.1. The Morgan fingerprint density at radius 1 is 1.45 bits per heavy atom. The van der Waals surface area contributed by atoms with Crippen molar-refractivity contribution in [1.29, 1.82) is 0 Å². The highest BCUT2D eigenvalue weighted by Crippen LogP contribution is 2.16. The van der Waals surface area contributed by atoms with Gasteiger partial charge in [-0.2, -0.15) is 11.8 Å². The third kappa shape index (κ3) is 6.26. The zero-order valence-electron chi connectivity index (χ0n) is 13.3. The number of aryl methyl sites for hydroxylation is 1. The van der Waals surface area contributed by atoms with Crippen molar-refractivity contribution in [2.24, 2.45) is 4.99 Å². The van der Waals surface area contributed by atoms with Gasteiger partial charge in [-0.15, -0.1) is 0 Å². The lowest BCUT2D eigenvalue weighted by Crippen LogP contribution is -2.45. The highest BCUT2D eigenvalue weighted by Gasteiger charge is 2.14. The molecule has 0 spiro atoms. The highest BCUT2D eigenvalue weighted by atomic mass is 32.2. The van der Waals surface area contributed by atoms with Gasteiger partial charge in [-0.1, -0.05) is 12.1 Å². The van der Waals surface area contributed by atoms with E-state index in [2.05, 4.69) is 22.5 Å². The zero-order chi connectivity index (χ0) is 15.6. The van der Waals surface area contributed by atoms with Crippen LogP contribution in [-0.2, 0) is 6.42 Å². The predicted molar refractivity (Wildman–Crippen MR) is 94.2 cm³/mol. The largest absolute Gasteiger partial charge is 0.357 e. The molecule has 122 valence electrons. The molecule has 0 radical (unpaired) electrons. The van der Waals surface area contributed by atoms with Crippen LogP contribution in [0.3, 0.4) is 0 Å². The van der Waals surface area contributed by atoms with Crippen molar-refractivity contribution in [2.75, 3.05) is 24.6 Å². The Balaban J connectivity index is 1.76. The molecule has 1 aromatic rings. The molecule has 2 N–H and O–H groups in total. The second kappa shape index (κ2) is 9.72. The molecule has 5 heteroatoms. The molecule has 0 aliphatic carbocycles. The first-order valence-corrected chi connectivity index (χ1v) is 9.30. The van der Waals surface area contributed by atoms with Gasteiger partial charge < -0.3 is 10.6 Å². The molecule has 0 saturated carbocycles. The van der Waals surface area contributed by atoms with Crippen LogP contribution in [0.15, 0.2) is 29.3 Å². The van der Waals surface area contributed by atoms with Gasteiger partial charge in [0, 0.05) is 24.9 Å². The molecule has 22 heavy (non-hydrogen) atoms. The lowest BCUT2D eigenvalue weighted by molar-refractivity contribution is 0.581. The monoisotopic (exact) mass is 323 g/mol. The predicted octanol–water partition coefficient (Wildman–Crippen LogP) is 3.21. The molecular weight excluding hydrogens is 297 g/mol. The van der Waals surface area contributed by atoms with E-state index in [0.29, 0.717) is 6.04 Å². The molecule has 1 fully saturated rings. The fraction of sp³-hybridized carbons (Fsp3) is 0.588. The second-order valence-electron chi connectivity index (χ2n) is 5.55. The third-order valence-corrected chi connectivity index (χ3v) is 4.84. The number of hydrogen-bond acceptors (Lipinski definition) is 2. The summed E-state index contributed by atoms with van der Waals surface area (Å²) in [6.45, 7) is 3.71. The Labute approximate surface area is 137 Å². The van der Waals surface area contributed by atoms with Gasteiger partial charge in [-0.05, 0) is 56.1 Å². The van der Waals surface area contributed by atoms with Gasteiger partial charge in [0.1, 0.15) is 5.82 Å². The topological polar surface area (TPSA) is 36.4 Å². The number of nitrogens with zero attached hydrogens (tertiary/aromatic N) is 1. The molecule has 1 unspecified atom stereocenters. The van der Waals surface area contributed by atoms with Crippen molar-refractivity contribution < 1.29 is 4.39 Å². The van der Waals surface area contributed by atoms with E-state index in [0.717, 1.165) is 43.2 Å². The molecule has 0 amide bonds. The number of nitrogens with one attached hydrogen (secondary N) is 2. The molecule has 1 heterocycles. The first-order valence-electron chi connectivity index (χ1n) is 8.15. The summed E-state index contributed by atoms with van der Waals surface area (Å²) in [4.78, 5) is 4.64. The molecule has 0 aromatic heterocycles. The summed E-state index contributed by atoms with van der Waals surface area (Å²) in [6.07, 6.45) is 4.29. The van der Waals surface area contributed by atoms with Gasteiger partial charge >= 0.3 is 0 Å². The number of benzene rings is 1. The maximum atomic E-state index is 13.1. The fourth-order valence-corrected chi connectivity index (χ4v) is 3.61. The Morgan fingerprint density at radius 2 is 2.36 bits per heavy atom. The van der Waals surface area contributed by atoms with Crippen molar-refractivity contribution in [1.82, 2.24) is 10.6 Å². The van der Waals surface area contributed by atoms with E-state index >= 15 is 0 Å². The van der Waals surface area contributed by atoms with Crippen LogP contribution in [0.5, 0.6) is 0 Å². The minimum Gasteiger partial charge on any atom is -0.357 e. The lowest BCUT2D eigenvalue weighted by atomic mass is 10.1. The van der Waals surface area contributed by atoms with Crippen molar-refractivity contribution >= 4 is 17.7 Å². The van der Waals surface area contributed by atoms with Crippen molar-refractivity contribution in [3.63, 3.8) is 0 Å². The zero-order valence-corrected chi connectivity index (χ0v) is 14.1. The second-order valence-corrected chi connectivity index (χ2v) is 6.70. The van der Waals surface area contributed by atoms with Gasteiger partial charge in [-0.25, -0.2) is 4.39 Å². The van der Waals surface area contributed by atoms with Crippen LogP contribution in [0.25, 0.3) is 0 Å². The van der Waals surface area contributed by atoms with E-state index < -0.39 is 0 Å². The van der Waals surface area contributed by atoms with E-state index in [-0.39, 0.29) is 5.82 Å². The maximum absolute atomic E-state index is 13.1. The van der Waals surface area contributed by atoms with Crippen molar-refractivity contribution in [2.45, 2.75) is 38.6 Å². The molecule has 0 bridgehead atoms. The van der Waals surface area contributed by atoms with Crippen LogP contribution < -0.4 is 10.6 Å². The highest BCUT2D eigenvalue weighted by molar-refractivity contribution is 7.99. The quantitative estimate of drug-likeness (QED) is 0.479. The normalized spacial score (nSPS) is 19.0. The van der Waals surface area contributed by atoms with Crippen LogP contribution in [0.1, 0.15) is 31.7 Å². The summed E-state index contributed by atoms with van der Waals surface area (Å²) in [6, 6.07) is 7.35. The smallest absolute Gasteiger partial charge is 0.191 e. The minimum atomic E-state index is -0.161. The van der Waals surface area contributed by atoms with Crippen LogP contribution >= 0.6 is 11.8 Å². The van der Waals surface area contributed by atoms with Crippen LogP contribution in [0.4, 0.5) is 4.39 Å². The van der Waals surface area contributed by atoms with Crippen molar-refractivity contribution in [3.05, 3.63) is 35.6 Å². The average molecular weight is 323 g/mol. The molecule has 1 aliphatic heterocycles. The maximum Gasteiger partial charge on any atom is 0.191 e. The molecule has 3 nitrogen and oxygen atoms in total. The number of guanidine groups is 1. The first-order chi connectivity index (χ1) is 10.8. The summed E-state index contributed by atoms with van der Waals surface area (Å²) < 4.78 is 13.1. The lowest BCUT2D eigenvalue weighted by Gasteiger charge is -2.24. The van der Waals surface area contributed by atoms with E-state index in [1.807, 2.05) is 17.8 Å². The van der Waals surface area contributed by atoms with Crippen LogP contribution in [0.2, 0.25) is 0 Å². The average Bonchev–Trinajstić information content (AvgIpc) is 2.53. The third-order valence-electron chi connectivity index (χ3n) is 3.63. The fourth-order valence-electron chi connectivity index (χ4n) is 2.53. The Bertz CT molecular complexity index is 473. The molecule has 1 atom stereocenters. The Kier molecular flexibility index (Phi) is 7.57.